The van der Waals surface area contributed by atoms with Crippen molar-refractivity contribution in [1.82, 2.24) is 10.1 Å². The lowest BCUT2D eigenvalue weighted by molar-refractivity contribution is -0.274. The van der Waals surface area contributed by atoms with Crippen LogP contribution in [0, 0.1) is 11.8 Å². The maximum Gasteiger partial charge on any atom is 0.573 e. The van der Waals surface area contributed by atoms with Crippen molar-refractivity contribution in [1.29, 1.82) is 0 Å². The number of anilines is 1. The minimum absolute atomic E-state index is 0.0586. The molecular formula is C30H27F6N3O3S. The third kappa shape index (κ3) is 5.93. The fraction of sp³-hybridized carbons (Fsp3) is 0.467. The highest BCUT2D eigenvalue weighted by molar-refractivity contribution is 7.22. The summed E-state index contributed by atoms with van der Waals surface area (Å²) in [5.74, 6) is 1.08. The number of nitrogens with zero attached hydrogens (tertiary/aromatic N) is 2. The Morgan fingerprint density at radius 2 is 1.70 bits per heavy atom. The van der Waals surface area contributed by atoms with Crippen molar-refractivity contribution < 1.29 is 40.3 Å². The Labute approximate surface area is 246 Å². The number of rotatable bonds is 8. The lowest BCUT2D eigenvalue weighted by Crippen LogP contribution is -2.39. The van der Waals surface area contributed by atoms with Gasteiger partial charge in [0.15, 0.2) is 5.13 Å². The topological polar surface area (TPSA) is 69.4 Å². The van der Waals surface area contributed by atoms with E-state index in [2.05, 4.69) is 20.2 Å². The first-order valence-electron chi connectivity index (χ1n) is 14.2. The summed E-state index contributed by atoms with van der Waals surface area (Å²) in [6.07, 6.45) is -3.90. The summed E-state index contributed by atoms with van der Waals surface area (Å²) < 4.78 is 95.5. The largest absolute Gasteiger partial charge is 0.573 e. The van der Waals surface area contributed by atoms with Gasteiger partial charge in [-0.3, -0.25) is 0 Å². The van der Waals surface area contributed by atoms with E-state index >= 15 is 0 Å². The van der Waals surface area contributed by atoms with Gasteiger partial charge in [0.05, 0.1) is 28.5 Å². The zero-order valence-corrected chi connectivity index (χ0v) is 23.5. The van der Waals surface area contributed by atoms with Crippen LogP contribution in [-0.2, 0) is 17.5 Å². The SMILES string of the molecule is FC(F)(F)Oc1ccccc1-c1noc(C2CC2)c1COC1CC2CCC(C1)C2Nc1nc2ccc(C(F)(F)F)cc2s1. The second-order valence-electron chi connectivity index (χ2n) is 11.6. The van der Waals surface area contributed by atoms with Gasteiger partial charge in [-0.15, -0.1) is 13.2 Å². The van der Waals surface area contributed by atoms with Crippen LogP contribution >= 0.6 is 11.3 Å². The van der Waals surface area contributed by atoms with Crippen LogP contribution in [0.5, 0.6) is 5.75 Å². The summed E-state index contributed by atoms with van der Waals surface area (Å²) in [5.41, 5.74) is 0.985. The molecule has 4 aromatic rings. The fourth-order valence-corrected chi connectivity index (χ4v) is 7.52. The van der Waals surface area contributed by atoms with E-state index in [9.17, 15) is 26.3 Å². The van der Waals surface area contributed by atoms with Crippen LogP contribution in [0.25, 0.3) is 21.5 Å². The first-order chi connectivity index (χ1) is 20.5. The van der Waals surface area contributed by atoms with E-state index in [1.54, 1.807) is 6.07 Å². The van der Waals surface area contributed by atoms with E-state index in [4.69, 9.17) is 9.26 Å². The third-order valence-electron chi connectivity index (χ3n) is 8.66. The number of benzene rings is 2. The molecule has 7 rings (SSSR count). The van der Waals surface area contributed by atoms with E-state index in [0.29, 0.717) is 44.2 Å². The van der Waals surface area contributed by atoms with Crippen LogP contribution in [0.3, 0.4) is 0 Å². The van der Waals surface area contributed by atoms with Gasteiger partial charge in [0.25, 0.3) is 0 Å². The molecule has 3 aliphatic carbocycles. The van der Waals surface area contributed by atoms with Crippen molar-refractivity contribution in [3.63, 3.8) is 0 Å². The molecular weight excluding hydrogens is 596 g/mol. The highest BCUT2D eigenvalue weighted by atomic mass is 32.1. The number of hydrogen-bond donors (Lipinski definition) is 1. The molecule has 3 saturated carbocycles. The highest BCUT2D eigenvalue weighted by Gasteiger charge is 2.44. The Balaban J connectivity index is 1.05. The molecule has 2 unspecified atom stereocenters. The molecule has 13 heteroatoms. The normalized spacial score (nSPS) is 24.0. The van der Waals surface area contributed by atoms with Crippen molar-refractivity contribution in [3.05, 3.63) is 59.4 Å². The number of nitrogens with one attached hydrogen (secondary N) is 1. The van der Waals surface area contributed by atoms with E-state index in [1.165, 1.54) is 35.6 Å². The van der Waals surface area contributed by atoms with Crippen molar-refractivity contribution in [2.75, 3.05) is 5.32 Å². The van der Waals surface area contributed by atoms with Gasteiger partial charge in [-0.2, -0.15) is 13.2 Å². The number of fused-ring (bicyclic) bond motifs is 3. The minimum atomic E-state index is -4.85. The number of ether oxygens (including phenoxy) is 2. The van der Waals surface area contributed by atoms with Gasteiger partial charge in [-0.1, -0.05) is 28.6 Å². The molecule has 43 heavy (non-hydrogen) atoms. The number of para-hydroxylation sites is 1. The lowest BCUT2D eigenvalue weighted by atomic mass is 9.82. The zero-order chi connectivity index (χ0) is 29.9. The molecule has 2 aromatic carbocycles. The summed E-state index contributed by atoms with van der Waals surface area (Å²) in [6, 6.07) is 9.62. The quantitative estimate of drug-likeness (QED) is 0.198. The van der Waals surface area contributed by atoms with Gasteiger partial charge < -0.3 is 19.3 Å². The Bertz CT molecular complexity index is 1620. The molecule has 3 aliphatic rings. The number of aromatic nitrogens is 2. The summed E-state index contributed by atoms with van der Waals surface area (Å²) in [5, 5.41) is 8.28. The molecule has 228 valence electrons. The van der Waals surface area contributed by atoms with Crippen LogP contribution in [0.15, 0.2) is 47.0 Å². The molecule has 3 fully saturated rings. The number of thiazole rings is 1. The summed E-state index contributed by atoms with van der Waals surface area (Å²) in [6.45, 7) is 0.159. The molecule has 0 spiro atoms. The number of alkyl halides is 6. The zero-order valence-electron chi connectivity index (χ0n) is 22.7. The van der Waals surface area contributed by atoms with Crippen LogP contribution in [-0.4, -0.2) is 28.6 Å². The van der Waals surface area contributed by atoms with E-state index in [-0.39, 0.29) is 36.0 Å². The third-order valence-corrected chi connectivity index (χ3v) is 9.61. The predicted molar refractivity (Wildman–Crippen MR) is 147 cm³/mol. The van der Waals surface area contributed by atoms with Gasteiger partial charge >= 0.3 is 12.5 Å². The first kappa shape index (κ1) is 28.5. The molecule has 0 aliphatic heterocycles. The summed E-state index contributed by atoms with van der Waals surface area (Å²) >= 11 is 1.23. The van der Waals surface area contributed by atoms with E-state index < -0.39 is 18.1 Å². The predicted octanol–water partition coefficient (Wildman–Crippen LogP) is 8.93. The Morgan fingerprint density at radius 3 is 2.40 bits per heavy atom. The van der Waals surface area contributed by atoms with Crippen LogP contribution in [0.4, 0.5) is 31.5 Å². The van der Waals surface area contributed by atoms with Gasteiger partial charge in [-0.05, 0) is 80.7 Å². The Hall–Kier alpha value is -3.32. The summed E-state index contributed by atoms with van der Waals surface area (Å²) in [4.78, 5) is 4.53. The van der Waals surface area contributed by atoms with Crippen LogP contribution in [0.1, 0.15) is 61.3 Å². The van der Waals surface area contributed by atoms with Crippen LogP contribution < -0.4 is 10.1 Å². The van der Waals surface area contributed by atoms with Crippen LogP contribution in [0.2, 0.25) is 0 Å². The van der Waals surface area contributed by atoms with Gasteiger partial charge in [0.1, 0.15) is 17.2 Å². The molecule has 1 N–H and O–H groups in total. The molecule has 0 saturated heterocycles. The lowest BCUT2D eigenvalue weighted by Gasteiger charge is -2.35. The van der Waals surface area contributed by atoms with Crippen molar-refractivity contribution in [3.8, 4) is 17.0 Å². The molecule has 2 aromatic heterocycles. The fourth-order valence-electron chi connectivity index (χ4n) is 6.57. The second kappa shape index (κ2) is 10.7. The first-order valence-corrected chi connectivity index (χ1v) is 15.0. The van der Waals surface area contributed by atoms with Crippen molar-refractivity contribution in [2.45, 2.75) is 75.7 Å². The number of hydrogen-bond acceptors (Lipinski definition) is 7. The van der Waals surface area contributed by atoms with E-state index in [1.807, 2.05) is 0 Å². The number of halogens is 6. The van der Waals surface area contributed by atoms with Crippen molar-refractivity contribution >= 4 is 26.7 Å². The van der Waals surface area contributed by atoms with Gasteiger partial charge in [0.2, 0.25) is 0 Å². The second-order valence-corrected chi connectivity index (χ2v) is 12.6. The van der Waals surface area contributed by atoms with Gasteiger partial charge in [0, 0.05) is 23.1 Å². The standard InChI is InChI=1S/C30H27F6N3O3S/c31-29(32,33)18-9-10-22-24(13-18)43-28(37-22)38-25-16-7-8-17(25)12-19(11-16)40-14-21-26(39-42-27(21)15-5-6-15)20-3-1-2-4-23(20)41-30(34,35)36/h1-4,9-10,13,15-17,19,25H,5-8,11-12,14H2,(H,37,38). The molecule has 2 bridgehead atoms. The maximum atomic E-state index is 13.1. The summed E-state index contributed by atoms with van der Waals surface area (Å²) in [7, 11) is 0. The van der Waals surface area contributed by atoms with E-state index in [0.717, 1.165) is 50.7 Å². The Kier molecular flexibility index (Phi) is 7.07. The molecule has 6 nitrogen and oxygen atoms in total. The molecule has 2 heterocycles. The average Bonchev–Trinajstić information content (AvgIpc) is 3.50. The van der Waals surface area contributed by atoms with Crippen molar-refractivity contribution in [2.24, 2.45) is 11.8 Å². The molecule has 0 amide bonds. The maximum absolute atomic E-state index is 13.1. The molecule has 2 atom stereocenters. The smallest absolute Gasteiger partial charge is 0.405 e. The van der Waals surface area contributed by atoms with Gasteiger partial charge in [-0.25, -0.2) is 4.98 Å². The Morgan fingerprint density at radius 1 is 0.953 bits per heavy atom. The highest BCUT2D eigenvalue weighted by Crippen LogP contribution is 2.48. The molecule has 0 radical (unpaired) electrons. The monoisotopic (exact) mass is 623 g/mol. The average molecular weight is 624 g/mol. The minimum Gasteiger partial charge on any atom is -0.405 e.